The van der Waals surface area contributed by atoms with E-state index in [1.54, 1.807) is 42.5 Å². The molecule has 1 unspecified atom stereocenters. The summed E-state index contributed by atoms with van der Waals surface area (Å²) >= 11 is 0. The fourth-order valence-electron chi connectivity index (χ4n) is 3.54. The van der Waals surface area contributed by atoms with Crippen LogP contribution in [0.4, 0.5) is 11.4 Å². The van der Waals surface area contributed by atoms with E-state index in [0.717, 1.165) is 5.56 Å². The average molecular weight is 421 g/mol. The van der Waals surface area contributed by atoms with Crippen LogP contribution in [0.5, 0.6) is 0 Å². The molecule has 0 radical (unpaired) electrons. The Morgan fingerprint density at radius 2 is 1.73 bits per heavy atom. The predicted octanol–water partition coefficient (Wildman–Crippen LogP) is 2.98. The molecule has 30 heavy (non-hydrogen) atoms. The third-order valence-electron chi connectivity index (χ3n) is 4.92. The molecule has 0 saturated heterocycles. The number of benzene rings is 3. The summed E-state index contributed by atoms with van der Waals surface area (Å²) in [6, 6.07) is 19.2. The van der Waals surface area contributed by atoms with Gasteiger partial charge in [0.1, 0.15) is 6.04 Å². The number of hydrogen-bond donors (Lipinski definition) is 2. The van der Waals surface area contributed by atoms with Crippen LogP contribution in [0.25, 0.3) is 0 Å². The van der Waals surface area contributed by atoms with Crippen molar-refractivity contribution in [1.29, 1.82) is 0 Å². The number of amides is 2. The third-order valence-corrected chi connectivity index (χ3v) is 5.83. The molecular formula is C22H19N3O4S. The van der Waals surface area contributed by atoms with E-state index in [2.05, 4.69) is 5.32 Å². The summed E-state index contributed by atoms with van der Waals surface area (Å²) in [6.07, 6.45) is 0. The van der Waals surface area contributed by atoms with Gasteiger partial charge in [0.15, 0.2) is 0 Å². The number of carbonyl (C=O) groups is 2. The number of rotatable bonds is 3. The minimum Gasteiger partial charge on any atom is -0.322 e. The van der Waals surface area contributed by atoms with Crippen LogP contribution in [0, 0.1) is 6.92 Å². The molecule has 3 aromatic carbocycles. The maximum atomic E-state index is 13.5. The number of primary sulfonamides is 1. The second-order valence-corrected chi connectivity index (χ2v) is 8.63. The molecule has 0 bridgehead atoms. The third kappa shape index (κ3) is 3.58. The molecule has 0 aliphatic carbocycles. The monoisotopic (exact) mass is 421 g/mol. The number of aryl methyl sites for hydroxylation is 1. The second-order valence-electron chi connectivity index (χ2n) is 7.07. The van der Waals surface area contributed by atoms with Crippen LogP contribution in [-0.2, 0) is 14.8 Å². The van der Waals surface area contributed by atoms with Gasteiger partial charge < -0.3 is 5.32 Å². The van der Waals surface area contributed by atoms with Gasteiger partial charge in [0.05, 0.1) is 16.3 Å². The topological polar surface area (TPSA) is 110 Å². The highest BCUT2D eigenvalue weighted by Crippen LogP contribution is 2.40. The Morgan fingerprint density at radius 3 is 2.40 bits per heavy atom. The lowest BCUT2D eigenvalue weighted by Gasteiger charge is -2.37. The van der Waals surface area contributed by atoms with E-state index in [1.165, 1.54) is 23.1 Å². The fourth-order valence-corrected chi connectivity index (χ4v) is 4.08. The molecule has 1 heterocycles. The Morgan fingerprint density at radius 1 is 1.00 bits per heavy atom. The number of fused-ring (bicyclic) bond motifs is 1. The minimum atomic E-state index is -3.97. The number of sulfonamides is 1. The largest absolute Gasteiger partial charge is 0.322 e. The quantitative estimate of drug-likeness (QED) is 0.677. The Bertz CT molecular complexity index is 1260. The molecule has 2 amide bonds. The summed E-state index contributed by atoms with van der Waals surface area (Å²) in [5.41, 5.74) is 2.56. The van der Waals surface area contributed by atoms with Crippen LogP contribution < -0.4 is 15.4 Å². The minimum absolute atomic E-state index is 0.150. The van der Waals surface area contributed by atoms with Gasteiger partial charge in [-0.1, -0.05) is 48.0 Å². The van der Waals surface area contributed by atoms with Crippen LogP contribution in [0.2, 0.25) is 0 Å². The van der Waals surface area contributed by atoms with Crippen LogP contribution in [0.1, 0.15) is 27.5 Å². The van der Waals surface area contributed by atoms with Crippen molar-refractivity contribution in [3.05, 3.63) is 89.5 Å². The first-order valence-corrected chi connectivity index (χ1v) is 10.7. The van der Waals surface area contributed by atoms with Crippen molar-refractivity contribution in [2.75, 3.05) is 10.2 Å². The van der Waals surface area contributed by atoms with E-state index in [-0.39, 0.29) is 16.5 Å². The predicted molar refractivity (Wildman–Crippen MR) is 114 cm³/mol. The molecule has 1 aliphatic rings. The van der Waals surface area contributed by atoms with E-state index in [4.69, 9.17) is 5.14 Å². The molecule has 8 heteroatoms. The lowest BCUT2D eigenvalue weighted by atomic mass is 9.98. The highest BCUT2D eigenvalue weighted by molar-refractivity contribution is 7.89. The molecule has 0 spiro atoms. The number of nitrogens with two attached hydrogens (primary N) is 1. The molecular weight excluding hydrogens is 402 g/mol. The van der Waals surface area contributed by atoms with Crippen molar-refractivity contribution < 1.29 is 18.0 Å². The van der Waals surface area contributed by atoms with Gasteiger partial charge in [0, 0.05) is 5.56 Å². The van der Waals surface area contributed by atoms with Crippen molar-refractivity contribution in [3.63, 3.8) is 0 Å². The first kappa shape index (κ1) is 19.8. The Kier molecular flexibility index (Phi) is 4.89. The van der Waals surface area contributed by atoms with Crippen molar-refractivity contribution in [2.45, 2.75) is 17.9 Å². The van der Waals surface area contributed by atoms with E-state index in [0.29, 0.717) is 16.8 Å². The Labute approximate surface area is 174 Å². The van der Waals surface area contributed by atoms with Crippen LogP contribution in [-0.4, -0.2) is 20.2 Å². The first-order valence-electron chi connectivity index (χ1n) is 9.18. The zero-order chi connectivity index (χ0) is 21.5. The average Bonchev–Trinajstić information content (AvgIpc) is 2.71. The maximum Gasteiger partial charge on any atom is 0.259 e. The Balaban J connectivity index is 1.91. The number of carbonyl (C=O) groups excluding carboxylic acids is 2. The summed E-state index contributed by atoms with van der Waals surface area (Å²) in [7, 11) is -3.97. The molecule has 1 atom stereocenters. The van der Waals surface area contributed by atoms with Crippen molar-refractivity contribution in [1.82, 2.24) is 0 Å². The first-order chi connectivity index (χ1) is 14.3. The van der Waals surface area contributed by atoms with Gasteiger partial charge in [0.2, 0.25) is 10.0 Å². The van der Waals surface area contributed by atoms with E-state index in [1.807, 2.05) is 19.1 Å². The normalized spacial score (nSPS) is 16.0. The summed E-state index contributed by atoms with van der Waals surface area (Å²) in [5.74, 6) is -0.812. The molecule has 3 N–H and O–H groups in total. The number of hydrogen-bond acceptors (Lipinski definition) is 4. The lowest BCUT2D eigenvalue weighted by molar-refractivity contribution is -0.117. The second kappa shape index (κ2) is 7.40. The van der Waals surface area contributed by atoms with Crippen molar-refractivity contribution in [2.24, 2.45) is 5.14 Å². The maximum absolute atomic E-state index is 13.5. The molecule has 0 fully saturated rings. The summed E-state index contributed by atoms with van der Waals surface area (Å²) in [6.45, 7) is 1.88. The highest BCUT2D eigenvalue weighted by atomic mass is 32.2. The molecule has 4 rings (SSSR count). The van der Waals surface area contributed by atoms with Crippen LogP contribution >= 0.6 is 0 Å². The zero-order valence-corrected chi connectivity index (χ0v) is 16.9. The highest BCUT2D eigenvalue weighted by Gasteiger charge is 2.38. The smallest absolute Gasteiger partial charge is 0.259 e. The number of nitrogens with zero attached hydrogens (tertiary/aromatic N) is 1. The van der Waals surface area contributed by atoms with Crippen molar-refractivity contribution >= 4 is 33.2 Å². The molecule has 1 aliphatic heterocycles. The van der Waals surface area contributed by atoms with E-state index >= 15 is 0 Å². The summed E-state index contributed by atoms with van der Waals surface area (Å²) in [4.78, 5) is 27.8. The molecule has 0 saturated carbocycles. The van der Waals surface area contributed by atoms with Gasteiger partial charge in [-0.3, -0.25) is 14.5 Å². The van der Waals surface area contributed by atoms with E-state index < -0.39 is 22.0 Å². The van der Waals surface area contributed by atoms with Gasteiger partial charge in [-0.15, -0.1) is 0 Å². The molecule has 7 nitrogen and oxygen atoms in total. The summed E-state index contributed by atoms with van der Waals surface area (Å²) < 4.78 is 23.5. The Hall–Kier alpha value is -3.49. The van der Waals surface area contributed by atoms with Gasteiger partial charge in [-0.2, -0.15) is 0 Å². The number of nitrogens with one attached hydrogen (secondary N) is 1. The number of anilines is 2. The SMILES string of the molecule is Cc1cccc(C(=O)N2c3ccc(S(N)(=O)=O)cc3NC(=O)C2c2ccccc2)c1. The molecule has 3 aromatic rings. The van der Waals surface area contributed by atoms with Gasteiger partial charge >= 0.3 is 0 Å². The fraction of sp³-hybridized carbons (Fsp3) is 0.0909. The summed E-state index contributed by atoms with van der Waals surface area (Å²) in [5, 5.41) is 7.94. The molecule has 0 aromatic heterocycles. The van der Waals surface area contributed by atoms with Crippen LogP contribution in [0.15, 0.2) is 77.7 Å². The van der Waals surface area contributed by atoms with Gasteiger partial charge in [-0.05, 0) is 42.8 Å². The van der Waals surface area contributed by atoms with E-state index in [9.17, 15) is 18.0 Å². The van der Waals surface area contributed by atoms with Gasteiger partial charge in [0.25, 0.3) is 11.8 Å². The zero-order valence-electron chi connectivity index (χ0n) is 16.1. The van der Waals surface area contributed by atoms with Gasteiger partial charge in [-0.25, -0.2) is 13.6 Å². The molecule has 152 valence electrons. The van der Waals surface area contributed by atoms with Crippen molar-refractivity contribution in [3.8, 4) is 0 Å². The van der Waals surface area contributed by atoms with Crippen LogP contribution in [0.3, 0.4) is 0 Å². The lowest BCUT2D eigenvalue weighted by Crippen LogP contribution is -2.45. The standard InChI is InChI=1S/C22H19N3O4S/c1-14-6-5-9-16(12-14)22(27)25-19-11-10-17(30(23,28)29)13-18(19)24-21(26)20(25)15-7-3-2-4-8-15/h2-13,20H,1H3,(H,24,26)(H2,23,28,29).